The van der Waals surface area contributed by atoms with Gasteiger partial charge < -0.3 is 20.4 Å². The number of carbonyl (C=O) groups is 1. The van der Waals surface area contributed by atoms with Crippen molar-refractivity contribution in [3.05, 3.63) is 24.2 Å². The van der Waals surface area contributed by atoms with E-state index >= 15 is 0 Å². The third-order valence-corrected chi connectivity index (χ3v) is 2.82. The maximum Gasteiger partial charge on any atom is 0.242 e. The van der Waals surface area contributed by atoms with Crippen LogP contribution in [0.25, 0.3) is 0 Å². The van der Waals surface area contributed by atoms with Crippen LogP contribution in [0, 0.1) is 5.92 Å². The van der Waals surface area contributed by atoms with Gasteiger partial charge in [0.15, 0.2) is 5.96 Å². The molecule has 0 fully saturated rings. The minimum Gasteiger partial charge on any atom is -0.469 e. The summed E-state index contributed by atoms with van der Waals surface area (Å²) in [5, 5.41) is 9.38. The van der Waals surface area contributed by atoms with E-state index in [1.165, 1.54) is 0 Å². The molecule has 0 aliphatic carbocycles. The standard InChI is InChI=1S/C17H30N4O2.HI/c1-13(2)11-19-16(18-9-8-14-7-6-10-23-14)20-12-15(22)21-17(3,4)5;/h6-7,10,13H,8-9,11-12H2,1-5H3,(H,21,22)(H2,18,19,20);1H. The highest BCUT2D eigenvalue weighted by atomic mass is 127. The molecule has 7 heteroatoms. The van der Waals surface area contributed by atoms with Gasteiger partial charge in [0.1, 0.15) is 12.3 Å². The van der Waals surface area contributed by atoms with Gasteiger partial charge in [0.05, 0.1) is 6.26 Å². The molecule has 0 spiro atoms. The maximum atomic E-state index is 11.9. The van der Waals surface area contributed by atoms with Crippen molar-refractivity contribution in [3.63, 3.8) is 0 Å². The molecular formula is C17H31IN4O2. The normalized spacial score (nSPS) is 11.8. The number of halogens is 1. The van der Waals surface area contributed by atoms with Crippen molar-refractivity contribution in [2.45, 2.75) is 46.6 Å². The molecule has 1 aromatic heterocycles. The molecule has 1 aromatic rings. The number of aliphatic imine (C=N–C) groups is 1. The summed E-state index contributed by atoms with van der Waals surface area (Å²) < 4.78 is 5.30. The summed E-state index contributed by atoms with van der Waals surface area (Å²) in [6.07, 6.45) is 2.43. The molecule has 0 atom stereocenters. The van der Waals surface area contributed by atoms with Gasteiger partial charge in [-0.25, -0.2) is 4.99 Å². The van der Waals surface area contributed by atoms with E-state index in [2.05, 4.69) is 34.8 Å². The molecular weight excluding hydrogens is 419 g/mol. The Balaban J connectivity index is 0.00000529. The molecule has 138 valence electrons. The number of hydrogen-bond acceptors (Lipinski definition) is 3. The molecule has 24 heavy (non-hydrogen) atoms. The molecule has 0 saturated carbocycles. The van der Waals surface area contributed by atoms with Crippen molar-refractivity contribution < 1.29 is 9.21 Å². The van der Waals surface area contributed by atoms with Crippen LogP contribution in [-0.2, 0) is 11.2 Å². The highest BCUT2D eigenvalue weighted by Crippen LogP contribution is 2.00. The summed E-state index contributed by atoms with van der Waals surface area (Å²) in [6, 6.07) is 3.81. The number of nitrogens with one attached hydrogen (secondary N) is 3. The van der Waals surface area contributed by atoms with E-state index in [1.807, 2.05) is 32.9 Å². The van der Waals surface area contributed by atoms with E-state index in [0.29, 0.717) is 18.4 Å². The topological polar surface area (TPSA) is 78.7 Å². The summed E-state index contributed by atoms with van der Waals surface area (Å²) in [7, 11) is 0. The Morgan fingerprint density at radius 1 is 1.29 bits per heavy atom. The lowest BCUT2D eigenvalue weighted by molar-refractivity contribution is -0.121. The first kappa shape index (κ1) is 22.8. The van der Waals surface area contributed by atoms with Crippen LogP contribution >= 0.6 is 24.0 Å². The molecule has 0 aliphatic heterocycles. The largest absolute Gasteiger partial charge is 0.469 e. The number of hydrogen-bond donors (Lipinski definition) is 3. The number of guanidine groups is 1. The van der Waals surface area contributed by atoms with Crippen molar-refractivity contribution in [2.24, 2.45) is 10.9 Å². The molecule has 0 unspecified atom stereocenters. The average Bonchev–Trinajstić information content (AvgIpc) is 2.92. The van der Waals surface area contributed by atoms with Crippen molar-refractivity contribution in [3.8, 4) is 0 Å². The van der Waals surface area contributed by atoms with Gasteiger partial charge in [-0.05, 0) is 38.8 Å². The number of furan rings is 1. The summed E-state index contributed by atoms with van der Waals surface area (Å²) in [6.45, 7) is 11.7. The van der Waals surface area contributed by atoms with Crippen molar-refractivity contribution in [1.29, 1.82) is 0 Å². The van der Waals surface area contributed by atoms with Crippen LogP contribution in [0.2, 0.25) is 0 Å². The molecule has 6 nitrogen and oxygen atoms in total. The molecule has 0 bridgehead atoms. The first-order valence-corrected chi connectivity index (χ1v) is 8.12. The van der Waals surface area contributed by atoms with E-state index in [9.17, 15) is 4.79 Å². The van der Waals surface area contributed by atoms with Crippen LogP contribution in [0.3, 0.4) is 0 Å². The summed E-state index contributed by atoms with van der Waals surface area (Å²) >= 11 is 0. The fourth-order valence-electron chi connectivity index (χ4n) is 1.84. The second kappa shape index (κ2) is 11.3. The number of amides is 1. The zero-order chi connectivity index (χ0) is 17.3. The van der Waals surface area contributed by atoms with Gasteiger partial charge in [0.2, 0.25) is 5.91 Å². The Bertz CT molecular complexity index is 493. The van der Waals surface area contributed by atoms with Gasteiger partial charge in [0, 0.05) is 25.0 Å². The predicted molar refractivity (Wildman–Crippen MR) is 109 cm³/mol. The van der Waals surface area contributed by atoms with E-state index in [4.69, 9.17) is 4.42 Å². The molecule has 0 aromatic carbocycles. The Hall–Kier alpha value is -1.25. The maximum absolute atomic E-state index is 11.9. The van der Waals surface area contributed by atoms with Gasteiger partial charge in [-0.15, -0.1) is 24.0 Å². The highest BCUT2D eigenvalue weighted by Gasteiger charge is 2.13. The zero-order valence-corrected chi connectivity index (χ0v) is 17.6. The smallest absolute Gasteiger partial charge is 0.242 e. The first-order valence-electron chi connectivity index (χ1n) is 8.12. The molecule has 0 aliphatic rings. The van der Waals surface area contributed by atoms with Gasteiger partial charge >= 0.3 is 0 Å². The number of nitrogens with zero attached hydrogens (tertiary/aromatic N) is 1. The van der Waals surface area contributed by atoms with Crippen LogP contribution < -0.4 is 16.0 Å². The quantitative estimate of drug-likeness (QED) is 0.339. The summed E-state index contributed by atoms with van der Waals surface area (Å²) in [5.74, 6) is 1.98. The SMILES string of the molecule is CC(C)CNC(=NCC(=O)NC(C)(C)C)NCCc1ccco1.I. The van der Waals surface area contributed by atoms with Crippen molar-refractivity contribution in [2.75, 3.05) is 19.6 Å². The first-order chi connectivity index (χ1) is 10.8. The third kappa shape index (κ3) is 11.3. The number of rotatable bonds is 7. The van der Waals surface area contributed by atoms with Crippen LogP contribution in [0.5, 0.6) is 0 Å². The lowest BCUT2D eigenvalue weighted by Gasteiger charge is -2.20. The van der Waals surface area contributed by atoms with Crippen LogP contribution in [0.4, 0.5) is 0 Å². The Labute approximate surface area is 162 Å². The fraction of sp³-hybridized carbons (Fsp3) is 0.647. The van der Waals surface area contributed by atoms with Crippen molar-refractivity contribution in [1.82, 2.24) is 16.0 Å². The van der Waals surface area contributed by atoms with Crippen LogP contribution in [0.15, 0.2) is 27.8 Å². The highest BCUT2D eigenvalue weighted by molar-refractivity contribution is 14.0. The van der Waals surface area contributed by atoms with E-state index in [-0.39, 0.29) is 42.0 Å². The van der Waals surface area contributed by atoms with Gasteiger partial charge in [-0.3, -0.25) is 4.79 Å². The summed E-state index contributed by atoms with van der Waals surface area (Å²) in [5.41, 5.74) is -0.245. The van der Waals surface area contributed by atoms with E-state index in [1.54, 1.807) is 6.26 Å². The third-order valence-electron chi connectivity index (χ3n) is 2.82. The van der Waals surface area contributed by atoms with E-state index < -0.39 is 0 Å². The Morgan fingerprint density at radius 2 is 2.00 bits per heavy atom. The zero-order valence-electron chi connectivity index (χ0n) is 15.3. The minimum absolute atomic E-state index is 0. The Morgan fingerprint density at radius 3 is 2.54 bits per heavy atom. The minimum atomic E-state index is -0.245. The van der Waals surface area contributed by atoms with Crippen LogP contribution in [0.1, 0.15) is 40.4 Å². The molecule has 3 N–H and O–H groups in total. The fourth-order valence-corrected chi connectivity index (χ4v) is 1.84. The molecule has 1 heterocycles. The van der Waals surface area contributed by atoms with Gasteiger partial charge in [0.25, 0.3) is 0 Å². The molecule has 0 saturated heterocycles. The van der Waals surface area contributed by atoms with Crippen molar-refractivity contribution >= 4 is 35.8 Å². The lowest BCUT2D eigenvalue weighted by Crippen LogP contribution is -2.44. The molecule has 1 rings (SSSR count). The van der Waals surface area contributed by atoms with Crippen LogP contribution in [-0.4, -0.2) is 37.0 Å². The lowest BCUT2D eigenvalue weighted by atomic mass is 10.1. The molecule has 1 amide bonds. The Kier molecular flexibility index (Phi) is 10.7. The summed E-state index contributed by atoms with van der Waals surface area (Å²) in [4.78, 5) is 16.2. The number of carbonyl (C=O) groups excluding carboxylic acids is 1. The average molecular weight is 450 g/mol. The predicted octanol–water partition coefficient (Wildman–Crippen LogP) is 2.55. The molecule has 0 radical (unpaired) electrons. The second-order valence-electron chi connectivity index (χ2n) is 6.99. The van der Waals surface area contributed by atoms with Gasteiger partial charge in [-0.1, -0.05) is 13.8 Å². The second-order valence-corrected chi connectivity index (χ2v) is 6.99. The monoisotopic (exact) mass is 450 g/mol. The van der Waals surface area contributed by atoms with Gasteiger partial charge in [-0.2, -0.15) is 0 Å². The van der Waals surface area contributed by atoms with E-state index in [0.717, 1.165) is 18.7 Å².